The summed E-state index contributed by atoms with van der Waals surface area (Å²) in [7, 11) is -3.67. The lowest BCUT2D eigenvalue weighted by molar-refractivity contribution is -0.118. The Bertz CT molecular complexity index is 1130. The van der Waals surface area contributed by atoms with Crippen molar-refractivity contribution in [3.63, 3.8) is 0 Å². The van der Waals surface area contributed by atoms with Crippen LogP contribution in [0.15, 0.2) is 52.4 Å². The molecule has 2 heterocycles. The van der Waals surface area contributed by atoms with E-state index >= 15 is 0 Å². The lowest BCUT2D eigenvalue weighted by Gasteiger charge is -2.20. The summed E-state index contributed by atoms with van der Waals surface area (Å²) in [5, 5.41) is 2.89. The maximum absolute atomic E-state index is 13.1. The third-order valence-corrected chi connectivity index (χ3v) is 6.79. The lowest BCUT2D eigenvalue weighted by atomic mass is 9.98. The van der Waals surface area contributed by atoms with Crippen LogP contribution in [0.3, 0.4) is 0 Å². The highest BCUT2D eigenvalue weighted by Gasteiger charge is 2.33. The highest BCUT2D eigenvalue weighted by Crippen LogP contribution is 2.32. The fourth-order valence-corrected chi connectivity index (χ4v) is 4.73. The van der Waals surface area contributed by atoms with Crippen molar-refractivity contribution in [3.8, 4) is 11.5 Å². The average molecular weight is 444 g/mol. The molecule has 4 rings (SSSR count). The molecule has 0 spiro atoms. The van der Waals surface area contributed by atoms with Crippen molar-refractivity contribution in [1.29, 1.82) is 0 Å². The molecule has 1 amide bonds. The van der Waals surface area contributed by atoms with Gasteiger partial charge in [0.1, 0.15) is 11.9 Å². The predicted octanol–water partition coefficient (Wildman–Crippen LogP) is 2.94. The van der Waals surface area contributed by atoms with Crippen molar-refractivity contribution in [3.05, 3.63) is 48.0 Å². The van der Waals surface area contributed by atoms with Gasteiger partial charge in [-0.05, 0) is 30.2 Å². The van der Waals surface area contributed by atoms with Gasteiger partial charge in [-0.15, -0.1) is 0 Å². The zero-order chi connectivity index (χ0) is 22.0. The van der Waals surface area contributed by atoms with Crippen molar-refractivity contribution in [1.82, 2.24) is 4.72 Å². The van der Waals surface area contributed by atoms with E-state index in [4.69, 9.17) is 9.47 Å². The van der Waals surface area contributed by atoms with E-state index in [1.807, 2.05) is 13.8 Å². The van der Waals surface area contributed by atoms with E-state index in [9.17, 15) is 13.2 Å². The third-order valence-electron chi connectivity index (χ3n) is 5.40. The number of aliphatic imine (C=N–C) groups is 1. The summed E-state index contributed by atoms with van der Waals surface area (Å²) in [6, 6.07) is 11.1. The number of hydrogen-bond acceptors (Lipinski definition) is 6. The number of nitrogens with zero attached hydrogens (tertiary/aromatic N) is 1. The molecule has 2 atom stereocenters. The van der Waals surface area contributed by atoms with E-state index in [2.05, 4.69) is 15.0 Å². The summed E-state index contributed by atoms with van der Waals surface area (Å²) >= 11 is 0. The SMILES string of the molecule is CC[C@H](C)[C@@H](N=C1NS(=O)(=O)c2ccccc21)C(=O)Nc1ccc2c(c1)OCCCO2. The maximum atomic E-state index is 13.1. The maximum Gasteiger partial charge on any atom is 0.263 e. The predicted molar refractivity (Wildman–Crippen MR) is 117 cm³/mol. The van der Waals surface area contributed by atoms with Gasteiger partial charge in [0.2, 0.25) is 5.91 Å². The number of carbonyl (C=O) groups is 1. The van der Waals surface area contributed by atoms with Crippen LogP contribution in [0, 0.1) is 5.92 Å². The fraction of sp³-hybridized carbons (Fsp3) is 0.364. The minimum absolute atomic E-state index is 0.106. The van der Waals surface area contributed by atoms with Gasteiger partial charge in [0, 0.05) is 23.7 Å². The summed E-state index contributed by atoms with van der Waals surface area (Å²) in [5.74, 6) is 0.991. The molecule has 2 N–H and O–H groups in total. The van der Waals surface area contributed by atoms with Crippen molar-refractivity contribution in [2.75, 3.05) is 18.5 Å². The molecule has 8 nitrogen and oxygen atoms in total. The Morgan fingerprint density at radius 3 is 2.68 bits per heavy atom. The summed E-state index contributed by atoms with van der Waals surface area (Å²) in [5.41, 5.74) is 1.04. The van der Waals surface area contributed by atoms with Crippen LogP contribution in [0.1, 0.15) is 32.3 Å². The largest absolute Gasteiger partial charge is 0.490 e. The molecule has 164 valence electrons. The molecule has 0 unspecified atom stereocenters. The molecule has 0 radical (unpaired) electrons. The van der Waals surface area contributed by atoms with Crippen LogP contribution in [0.25, 0.3) is 0 Å². The lowest BCUT2D eigenvalue weighted by Crippen LogP contribution is -2.34. The first-order valence-electron chi connectivity index (χ1n) is 10.3. The van der Waals surface area contributed by atoms with E-state index in [1.165, 1.54) is 6.07 Å². The average Bonchev–Trinajstić information content (AvgIpc) is 2.89. The number of ether oxygens (including phenoxy) is 2. The number of fused-ring (bicyclic) bond motifs is 2. The van der Waals surface area contributed by atoms with Gasteiger partial charge in [-0.2, -0.15) is 0 Å². The van der Waals surface area contributed by atoms with E-state index in [0.717, 1.165) is 6.42 Å². The molecule has 0 saturated heterocycles. The van der Waals surface area contributed by atoms with Crippen molar-refractivity contribution in [2.24, 2.45) is 10.9 Å². The first-order chi connectivity index (χ1) is 14.9. The molecule has 2 aromatic rings. The molecular weight excluding hydrogens is 418 g/mol. The van der Waals surface area contributed by atoms with Gasteiger partial charge in [-0.25, -0.2) is 8.42 Å². The van der Waals surface area contributed by atoms with Gasteiger partial charge in [-0.1, -0.05) is 32.4 Å². The topological polar surface area (TPSA) is 106 Å². The monoisotopic (exact) mass is 443 g/mol. The van der Waals surface area contributed by atoms with Crippen LogP contribution in [0.5, 0.6) is 11.5 Å². The quantitative estimate of drug-likeness (QED) is 0.739. The number of hydrogen-bond donors (Lipinski definition) is 2. The number of amidine groups is 1. The highest BCUT2D eigenvalue weighted by molar-refractivity contribution is 7.90. The zero-order valence-electron chi connectivity index (χ0n) is 17.4. The zero-order valence-corrected chi connectivity index (χ0v) is 18.2. The van der Waals surface area contributed by atoms with Gasteiger partial charge >= 0.3 is 0 Å². The van der Waals surface area contributed by atoms with Gasteiger partial charge in [0.15, 0.2) is 11.5 Å². The second-order valence-electron chi connectivity index (χ2n) is 7.61. The minimum Gasteiger partial charge on any atom is -0.490 e. The molecule has 2 aliphatic heterocycles. The van der Waals surface area contributed by atoms with Crippen molar-refractivity contribution >= 4 is 27.5 Å². The minimum atomic E-state index is -3.67. The van der Waals surface area contributed by atoms with Gasteiger partial charge in [-0.3, -0.25) is 14.5 Å². The smallest absolute Gasteiger partial charge is 0.263 e. The number of carbonyl (C=O) groups excluding carboxylic acids is 1. The Morgan fingerprint density at radius 2 is 1.90 bits per heavy atom. The Labute approximate surface area is 181 Å². The molecule has 2 aromatic carbocycles. The summed E-state index contributed by atoms with van der Waals surface area (Å²) in [6.45, 7) is 5.01. The van der Waals surface area contributed by atoms with Crippen LogP contribution < -0.4 is 19.5 Å². The summed E-state index contributed by atoms with van der Waals surface area (Å²) in [6.07, 6.45) is 1.49. The van der Waals surface area contributed by atoms with Crippen molar-refractivity contribution in [2.45, 2.75) is 37.6 Å². The molecular formula is C22H25N3O5S. The van der Waals surface area contributed by atoms with E-state index in [-0.39, 0.29) is 22.6 Å². The molecule has 0 aliphatic carbocycles. The molecule has 0 saturated carbocycles. The van der Waals surface area contributed by atoms with Gasteiger partial charge < -0.3 is 14.8 Å². The number of sulfonamides is 1. The van der Waals surface area contributed by atoms with Crippen LogP contribution in [0.4, 0.5) is 5.69 Å². The van der Waals surface area contributed by atoms with Gasteiger partial charge in [0.05, 0.1) is 18.1 Å². The van der Waals surface area contributed by atoms with Crippen LogP contribution in [-0.2, 0) is 14.8 Å². The molecule has 2 aliphatic rings. The second-order valence-corrected chi connectivity index (χ2v) is 9.26. The number of benzene rings is 2. The van der Waals surface area contributed by atoms with Gasteiger partial charge in [0.25, 0.3) is 10.0 Å². The Balaban J connectivity index is 1.61. The normalized spacial score (nSPS) is 19.6. The number of nitrogens with one attached hydrogen (secondary N) is 2. The van der Waals surface area contributed by atoms with Crippen LogP contribution in [0.2, 0.25) is 0 Å². The number of rotatable bonds is 5. The first-order valence-corrected chi connectivity index (χ1v) is 11.8. The Kier molecular flexibility index (Phi) is 5.86. The number of amides is 1. The van der Waals surface area contributed by atoms with E-state index < -0.39 is 16.1 Å². The van der Waals surface area contributed by atoms with E-state index in [0.29, 0.717) is 42.4 Å². The first kappa shape index (κ1) is 21.2. The van der Waals surface area contributed by atoms with Crippen molar-refractivity contribution < 1.29 is 22.7 Å². The summed E-state index contributed by atoms with van der Waals surface area (Å²) < 4.78 is 38.6. The third kappa shape index (κ3) is 4.36. The fourth-order valence-electron chi connectivity index (χ4n) is 3.49. The highest BCUT2D eigenvalue weighted by atomic mass is 32.2. The molecule has 0 bridgehead atoms. The van der Waals surface area contributed by atoms with Crippen LogP contribution in [-0.4, -0.2) is 39.4 Å². The molecule has 31 heavy (non-hydrogen) atoms. The molecule has 0 fully saturated rings. The molecule has 9 heteroatoms. The Hall–Kier alpha value is -3.07. The molecule has 0 aromatic heterocycles. The Morgan fingerprint density at radius 1 is 1.16 bits per heavy atom. The number of anilines is 1. The standard InChI is InChI=1S/C22H25N3O5S/c1-3-14(2)20(24-21-16-7-4-5-8-19(16)31(27,28)25-21)22(26)23-15-9-10-17-18(13-15)30-12-6-11-29-17/h4-5,7-10,13-14,20H,3,6,11-12H2,1-2H3,(H,23,26)(H,24,25)/t14-,20+/m0/s1. The van der Waals surface area contributed by atoms with Crippen LogP contribution >= 0.6 is 0 Å². The van der Waals surface area contributed by atoms with E-state index in [1.54, 1.807) is 36.4 Å². The second kappa shape index (κ2) is 8.58. The summed E-state index contributed by atoms with van der Waals surface area (Å²) in [4.78, 5) is 17.8.